The molecule has 1 aliphatic heterocycles. The van der Waals surface area contributed by atoms with Gasteiger partial charge >= 0.3 is 0 Å². The number of pyridine rings is 1. The van der Waals surface area contributed by atoms with Crippen LogP contribution in [0.15, 0.2) is 55.1 Å². The maximum absolute atomic E-state index is 14.5. The van der Waals surface area contributed by atoms with Crippen molar-refractivity contribution in [2.24, 2.45) is 13.0 Å². The maximum Gasteiger partial charge on any atom is 0.259 e. The molecule has 0 fully saturated rings. The van der Waals surface area contributed by atoms with E-state index in [1.807, 2.05) is 18.1 Å². The minimum atomic E-state index is -0.388. The second-order valence-electron chi connectivity index (χ2n) is 10.7. The van der Waals surface area contributed by atoms with Gasteiger partial charge in [0.15, 0.2) is 0 Å². The molecule has 8 nitrogen and oxygen atoms in total. The van der Waals surface area contributed by atoms with Crippen LogP contribution in [0.4, 0.5) is 10.1 Å². The quantitative estimate of drug-likeness (QED) is 0.471. The number of carbonyl (C=O) groups is 2. The lowest BCUT2D eigenvalue weighted by molar-refractivity contribution is -0.131. The highest BCUT2D eigenvalue weighted by atomic mass is 19.1. The van der Waals surface area contributed by atoms with Gasteiger partial charge in [-0.3, -0.25) is 19.3 Å². The average Bonchev–Trinajstić information content (AvgIpc) is 3.33. The number of aromatic nitrogens is 3. The Labute approximate surface area is 230 Å². The normalized spacial score (nSPS) is 15.5. The van der Waals surface area contributed by atoms with Crippen molar-refractivity contribution in [2.75, 3.05) is 37.6 Å². The van der Waals surface area contributed by atoms with Gasteiger partial charge in [0.1, 0.15) is 5.82 Å². The number of anilines is 1. The SMILES string of the molecule is CC(C)CN1CCCN(C(=O)CCc2cnn(C)c2)Cc2cc(F)ccc2N(C(=O)c2cccnc2)CCC1. The third-order valence-corrected chi connectivity index (χ3v) is 6.97. The molecule has 2 aromatic heterocycles. The maximum atomic E-state index is 14.5. The van der Waals surface area contributed by atoms with Crippen LogP contribution in [-0.4, -0.2) is 69.1 Å². The van der Waals surface area contributed by atoms with Crippen LogP contribution >= 0.6 is 0 Å². The molecule has 208 valence electrons. The van der Waals surface area contributed by atoms with E-state index in [4.69, 9.17) is 0 Å². The lowest BCUT2D eigenvalue weighted by Gasteiger charge is -2.32. The van der Waals surface area contributed by atoms with Crippen LogP contribution in [0.3, 0.4) is 0 Å². The first kappa shape index (κ1) is 28.4. The van der Waals surface area contributed by atoms with Crippen molar-refractivity contribution < 1.29 is 14.0 Å². The molecule has 0 radical (unpaired) electrons. The first-order valence-electron chi connectivity index (χ1n) is 13.8. The van der Waals surface area contributed by atoms with Gasteiger partial charge in [-0.15, -0.1) is 0 Å². The number of hydrogen-bond acceptors (Lipinski definition) is 5. The molecule has 1 aliphatic rings. The number of rotatable bonds is 6. The molecule has 9 heteroatoms. The fourth-order valence-corrected chi connectivity index (χ4v) is 5.18. The van der Waals surface area contributed by atoms with Crippen molar-refractivity contribution in [1.29, 1.82) is 0 Å². The van der Waals surface area contributed by atoms with E-state index in [1.165, 1.54) is 12.1 Å². The van der Waals surface area contributed by atoms with Gasteiger partial charge in [-0.1, -0.05) is 13.8 Å². The van der Waals surface area contributed by atoms with E-state index in [2.05, 4.69) is 28.8 Å². The molecule has 39 heavy (non-hydrogen) atoms. The summed E-state index contributed by atoms with van der Waals surface area (Å²) < 4.78 is 16.3. The second-order valence-corrected chi connectivity index (χ2v) is 10.7. The van der Waals surface area contributed by atoms with Gasteiger partial charge in [-0.2, -0.15) is 5.10 Å². The first-order valence-corrected chi connectivity index (χ1v) is 13.8. The van der Waals surface area contributed by atoms with Crippen LogP contribution in [0, 0.1) is 11.7 Å². The van der Waals surface area contributed by atoms with Crippen molar-refractivity contribution in [3.63, 3.8) is 0 Å². The number of amides is 2. The summed E-state index contributed by atoms with van der Waals surface area (Å²) in [5.41, 5.74) is 2.74. The van der Waals surface area contributed by atoms with Gasteiger partial charge < -0.3 is 14.7 Å². The summed E-state index contributed by atoms with van der Waals surface area (Å²) in [5, 5.41) is 4.20. The Hall–Kier alpha value is -3.59. The summed E-state index contributed by atoms with van der Waals surface area (Å²) >= 11 is 0. The molecular formula is C30H39FN6O2. The monoisotopic (exact) mass is 534 g/mol. The van der Waals surface area contributed by atoms with Crippen molar-refractivity contribution in [3.05, 3.63) is 77.6 Å². The number of hydrogen-bond donors (Lipinski definition) is 0. The number of benzene rings is 1. The number of halogens is 1. The predicted molar refractivity (Wildman–Crippen MR) is 150 cm³/mol. The molecule has 0 spiro atoms. The fraction of sp³-hybridized carbons (Fsp3) is 0.467. The Balaban J connectivity index is 1.65. The molecule has 2 amide bonds. The predicted octanol–water partition coefficient (Wildman–Crippen LogP) is 4.31. The molecule has 4 rings (SSSR count). The van der Waals surface area contributed by atoms with Crippen LogP contribution in [0.2, 0.25) is 0 Å². The molecule has 0 saturated carbocycles. The van der Waals surface area contributed by atoms with Gasteiger partial charge in [-0.05, 0) is 79.7 Å². The Morgan fingerprint density at radius 3 is 2.54 bits per heavy atom. The summed E-state index contributed by atoms with van der Waals surface area (Å²) in [6.45, 7) is 8.33. The Kier molecular flexibility index (Phi) is 9.81. The molecule has 0 aliphatic carbocycles. The van der Waals surface area contributed by atoms with E-state index in [0.29, 0.717) is 48.7 Å². The fourth-order valence-electron chi connectivity index (χ4n) is 5.18. The van der Waals surface area contributed by atoms with E-state index in [9.17, 15) is 14.0 Å². The molecule has 0 atom stereocenters. The molecular weight excluding hydrogens is 495 g/mol. The van der Waals surface area contributed by atoms with E-state index in [-0.39, 0.29) is 24.2 Å². The van der Waals surface area contributed by atoms with Crippen molar-refractivity contribution in [2.45, 2.75) is 46.1 Å². The summed E-state index contributed by atoms with van der Waals surface area (Å²) in [5.74, 6) is -0.0583. The van der Waals surface area contributed by atoms with Gasteiger partial charge in [0, 0.05) is 63.9 Å². The van der Waals surface area contributed by atoms with E-state index >= 15 is 0 Å². The molecule has 0 N–H and O–H groups in total. The lowest BCUT2D eigenvalue weighted by atomic mass is 10.1. The molecule has 3 heterocycles. The van der Waals surface area contributed by atoms with Crippen LogP contribution in [0.1, 0.15) is 54.6 Å². The highest BCUT2D eigenvalue weighted by Gasteiger charge is 2.24. The average molecular weight is 535 g/mol. The van der Waals surface area contributed by atoms with Crippen LogP contribution < -0.4 is 4.90 Å². The van der Waals surface area contributed by atoms with Gasteiger partial charge in [0.25, 0.3) is 5.91 Å². The highest BCUT2D eigenvalue weighted by Crippen LogP contribution is 2.27. The molecule has 3 aromatic rings. The van der Waals surface area contributed by atoms with Crippen molar-refractivity contribution in [1.82, 2.24) is 24.6 Å². The first-order chi connectivity index (χ1) is 18.8. The summed E-state index contributed by atoms with van der Waals surface area (Å²) in [6, 6.07) is 7.98. The zero-order chi connectivity index (χ0) is 27.8. The lowest BCUT2D eigenvalue weighted by Crippen LogP contribution is -2.39. The minimum absolute atomic E-state index is 0.00618. The van der Waals surface area contributed by atoms with Gasteiger partial charge in [0.2, 0.25) is 5.91 Å². The number of nitrogens with zero attached hydrogens (tertiary/aromatic N) is 6. The topological polar surface area (TPSA) is 74.6 Å². The zero-order valence-corrected chi connectivity index (χ0v) is 23.2. The van der Waals surface area contributed by atoms with Crippen molar-refractivity contribution >= 4 is 17.5 Å². The zero-order valence-electron chi connectivity index (χ0n) is 23.2. The largest absolute Gasteiger partial charge is 0.338 e. The standard InChI is InChI=1S/C30H39FN6O2/c1-23(2)20-35-13-5-15-36(29(38)11-8-24-18-33-34(3)21-24)22-26-17-27(31)9-10-28(26)37(16-6-14-35)30(39)25-7-4-12-32-19-25/h4,7,9-10,12,17-19,21,23H,5-6,8,11,13-16,20,22H2,1-3H3. The van der Waals surface area contributed by atoms with E-state index in [0.717, 1.165) is 38.0 Å². The Morgan fingerprint density at radius 1 is 1.05 bits per heavy atom. The second kappa shape index (κ2) is 13.5. The van der Waals surface area contributed by atoms with Crippen LogP contribution in [0.5, 0.6) is 0 Å². The van der Waals surface area contributed by atoms with Crippen molar-refractivity contribution in [3.8, 4) is 0 Å². The third-order valence-electron chi connectivity index (χ3n) is 6.97. The smallest absolute Gasteiger partial charge is 0.259 e. The Bertz CT molecular complexity index is 1250. The van der Waals surface area contributed by atoms with Crippen LogP contribution in [0.25, 0.3) is 0 Å². The highest BCUT2D eigenvalue weighted by molar-refractivity contribution is 6.06. The number of aryl methyl sites for hydroxylation is 2. The summed E-state index contributed by atoms with van der Waals surface area (Å²) in [4.78, 5) is 37.3. The summed E-state index contributed by atoms with van der Waals surface area (Å²) in [7, 11) is 1.86. The number of carbonyl (C=O) groups excluding carboxylic acids is 2. The van der Waals surface area contributed by atoms with E-state index < -0.39 is 0 Å². The molecule has 1 aromatic carbocycles. The van der Waals surface area contributed by atoms with E-state index in [1.54, 1.807) is 46.4 Å². The third kappa shape index (κ3) is 7.95. The molecule has 0 bridgehead atoms. The molecule has 0 unspecified atom stereocenters. The Morgan fingerprint density at radius 2 is 1.85 bits per heavy atom. The minimum Gasteiger partial charge on any atom is -0.338 e. The molecule has 0 saturated heterocycles. The van der Waals surface area contributed by atoms with Gasteiger partial charge in [0.05, 0.1) is 11.8 Å². The number of fused-ring (bicyclic) bond motifs is 1. The van der Waals surface area contributed by atoms with Gasteiger partial charge in [-0.25, -0.2) is 4.39 Å². The summed E-state index contributed by atoms with van der Waals surface area (Å²) in [6.07, 6.45) is 9.42. The van der Waals surface area contributed by atoms with Crippen LogP contribution in [-0.2, 0) is 24.8 Å².